The molecule has 1 saturated heterocycles. The van der Waals surface area contributed by atoms with Gasteiger partial charge in [0.15, 0.2) is 5.13 Å². The minimum absolute atomic E-state index is 0. The third-order valence-corrected chi connectivity index (χ3v) is 5.09. The van der Waals surface area contributed by atoms with Gasteiger partial charge in [-0.25, -0.2) is 4.98 Å². The van der Waals surface area contributed by atoms with E-state index >= 15 is 0 Å². The Morgan fingerprint density at radius 3 is 2.59 bits per heavy atom. The summed E-state index contributed by atoms with van der Waals surface area (Å²) in [4.78, 5) is 16.9. The molecule has 148 valence electrons. The second-order valence-electron chi connectivity index (χ2n) is 6.69. The van der Waals surface area contributed by atoms with E-state index in [1.54, 1.807) is 0 Å². The summed E-state index contributed by atoms with van der Waals surface area (Å²) in [7, 11) is 0. The molecule has 1 atom stereocenters. The fraction of sp³-hybridized carbons (Fsp3) is 0.474. The molecule has 3 N–H and O–H groups in total. The first kappa shape index (κ1) is 21.6. The fourth-order valence-electron chi connectivity index (χ4n) is 2.92. The van der Waals surface area contributed by atoms with E-state index in [4.69, 9.17) is 15.2 Å². The van der Waals surface area contributed by atoms with E-state index in [2.05, 4.69) is 10.3 Å². The maximum atomic E-state index is 12.4. The molecule has 8 heteroatoms. The fourth-order valence-corrected chi connectivity index (χ4v) is 3.64. The molecule has 0 saturated carbocycles. The Labute approximate surface area is 169 Å². The highest BCUT2D eigenvalue weighted by Gasteiger charge is 2.27. The summed E-state index contributed by atoms with van der Waals surface area (Å²) in [6, 6.07) is 7.25. The summed E-state index contributed by atoms with van der Waals surface area (Å²) in [5.74, 6) is 0.810. The molecule has 2 aromatic rings. The number of nitrogens with one attached hydrogen (secondary N) is 1. The van der Waals surface area contributed by atoms with Crippen LogP contribution in [0.4, 0.5) is 5.13 Å². The predicted molar refractivity (Wildman–Crippen MR) is 111 cm³/mol. The Morgan fingerprint density at radius 1 is 1.30 bits per heavy atom. The van der Waals surface area contributed by atoms with E-state index in [0.29, 0.717) is 18.3 Å². The number of ether oxygens (including phenoxy) is 2. The van der Waals surface area contributed by atoms with Crippen molar-refractivity contribution >= 4 is 34.8 Å². The second kappa shape index (κ2) is 10.0. The molecule has 0 aliphatic carbocycles. The van der Waals surface area contributed by atoms with Crippen LogP contribution in [-0.4, -0.2) is 36.3 Å². The van der Waals surface area contributed by atoms with Gasteiger partial charge < -0.3 is 20.5 Å². The molecular formula is C19H26ClN3O3S. The number of hydrogen-bond acceptors (Lipinski definition) is 6. The molecule has 1 aliphatic heterocycles. The lowest BCUT2D eigenvalue weighted by atomic mass is 9.92. The van der Waals surface area contributed by atoms with Gasteiger partial charge in [0.05, 0.1) is 17.8 Å². The number of nitrogens with two attached hydrogens (primary N) is 1. The van der Waals surface area contributed by atoms with Crippen LogP contribution >= 0.6 is 23.7 Å². The van der Waals surface area contributed by atoms with Crippen molar-refractivity contribution in [2.75, 3.05) is 18.5 Å². The average molecular weight is 412 g/mol. The lowest BCUT2D eigenvalue weighted by molar-refractivity contribution is -0.119. The monoisotopic (exact) mass is 411 g/mol. The quantitative estimate of drug-likeness (QED) is 0.756. The Morgan fingerprint density at radius 2 is 1.96 bits per heavy atom. The van der Waals surface area contributed by atoms with Crippen molar-refractivity contribution in [3.05, 3.63) is 29.6 Å². The maximum Gasteiger partial charge on any atom is 0.243 e. The molecule has 1 amide bonds. The highest BCUT2D eigenvalue weighted by Crippen LogP contribution is 2.27. The number of carbonyl (C=O) groups excluding carboxylic acids is 1. The number of halogens is 1. The van der Waals surface area contributed by atoms with Crippen molar-refractivity contribution in [2.24, 2.45) is 11.7 Å². The normalized spacial score (nSPS) is 15.9. The zero-order valence-electron chi connectivity index (χ0n) is 15.5. The van der Waals surface area contributed by atoms with Gasteiger partial charge in [-0.05, 0) is 56.9 Å². The van der Waals surface area contributed by atoms with Crippen LogP contribution in [0.1, 0.15) is 26.7 Å². The molecular weight excluding hydrogens is 386 g/mol. The van der Waals surface area contributed by atoms with Crippen LogP contribution in [0.25, 0.3) is 11.3 Å². The van der Waals surface area contributed by atoms with Gasteiger partial charge in [0.25, 0.3) is 0 Å². The maximum absolute atomic E-state index is 12.4. The Bertz CT molecular complexity index is 730. The van der Waals surface area contributed by atoms with Gasteiger partial charge in [0, 0.05) is 24.2 Å². The number of nitrogens with zero attached hydrogens (tertiary/aromatic N) is 1. The van der Waals surface area contributed by atoms with Crippen LogP contribution in [0.15, 0.2) is 29.6 Å². The number of carbonyl (C=O) groups is 1. The van der Waals surface area contributed by atoms with E-state index in [1.165, 1.54) is 11.3 Å². The number of thiazole rings is 1. The number of benzene rings is 1. The van der Waals surface area contributed by atoms with E-state index in [-0.39, 0.29) is 30.3 Å². The van der Waals surface area contributed by atoms with Gasteiger partial charge in [-0.3, -0.25) is 4.79 Å². The summed E-state index contributed by atoms with van der Waals surface area (Å²) >= 11 is 1.40. The minimum Gasteiger partial charge on any atom is -0.491 e. The van der Waals surface area contributed by atoms with Crippen molar-refractivity contribution in [3.8, 4) is 17.0 Å². The van der Waals surface area contributed by atoms with E-state index in [9.17, 15) is 4.79 Å². The lowest BCUT2D eigenvalue weighted by Gasteiger charge is -2.26. The number of amides is 1. The van der Waals surface area contributed by atoms with E-state index in [1.807, 2.05) is 43.5 Å². The first-order valence-electron chi connectivity index (χ1n) is 8.89. The standard InChI is InChI=1S/C19H25N3O3S.ClH/c1-12(2)25-15-5-3-13(4-6-15)16-11-26-19(21-16)22-18(23)17(20)14-7-9-24-10-8-14;/h3-6,11-12,14,17H,7-10,20H2,1-2H3,(H,21,22,23);1H. The summed E-state index contributed by atoms with van der Waals surface area (Å²) in [5.41, 5.74) is 7.91. The molecule has 1 unspecified atom stereocenters. The largest absolute Gasteiger partial charge is 0.491 e. The Balaban J connectivity index is 0.00000261. The zero-order valence-corrected chi connectivity index (χ0v) is 17.1. The van der Waals surface area contributed by atoms with Crippen LogP contribution in [0, 0.1) is 5.92 Å². The number of anilines is 1. The van der Waals surface area contributed by atoms with Crippen molar-refractivity contribution in [1.82, 2.24) is 4.98 Å². The molecule has 27 heavy (non-hydrogen) atoms. The van der Waals surface area contributed by atoms with Crippen molar-refractivity contribution < 1.29 is 14.3 Å². The third kappa shape index (κ3) is 5.90. The predicted octanol–water partition coefficient (Wildman–Crippen LogP) is 3.71. The van der Waals surface area contributed by atoms with E-state index in [0.717, 1.165) is 29.8 Å². The van der Waals surface area contributed by atoms with Gasteiger partial charge in [0.2, 0.25) is 5.91 Å². The van der Waals surface area contributed by atoms with Gasteiger partial charge >= 0.3 is 0 Å². The minimum atomic E-state index is -0.529. The van der Waals surface area contributed by atoms with Crippen LogP contribution in [0.5, 0.6) is 5.75 Å². The summed E-state index contributed by atoms with van der Waals surface area (Å²) in [6.07, 6.45) is 1.78. The van der Waals surface area contributed by atoms with Crippen molar-refractivity contribution in [1.29, 1.82) is 0 Å². The van der Waals surface area contributed by atoms with Crippen molar-refractivity contribution in [3.63, 3.8) is 0 Å². The average Bonchev–Trinajstić information content (AvgIpc) is 3.10. The van der Waals surface area contributed by atoms with Crippen LogP contribution in [-0.2, 0) is 9.53 Å². The first-order chi connectivity index (χ1) is 12.5. The topological polar surface area (TPSA) is 86.5 Å². The zero-order chi connectivity index (χ0) is 18.5. The SMILES string of the molecule is CC(C)Oc1ccc(-c2csc(NC(=O)C(N)C3CCOCC3)n2)cc1.Cl. The van der Waals surface area contributed by atoms with Crippen LogP contribution < -0.4 is 15.8 Å². The number of rotatable bonds is 6. The molecule has 0 bridgehead atoms. The van der Waals surface area contributed by atoms with E-state index < -0.39 is 6.04 Å². The summed E-state index contributed by atoms with van der Waals surface area (Å²) in [5, 5.41) is 5.33. The number of hydrogen-bond donors (Lipinski definition) is 2. The van der Waals surface area contributed by atoms with Crippen molar-refractivity contribution in [2.45, 2.75) is 38.8 Å². The molecule has 1 aromatic heterocycles. The molecule has 0 spiro atoms. The van der Waals surface area contributed by atoms with Gasteiger partial charge in [-0.2, -0.15) is 0 Å². The van der Waals surface area contributed by atoms with Gasteiger partial charge in [0.1, 0.15) is 5.75 Å². The lowest BCUT2D eigenvalue weighted by Crippen LogP contribution is -2.43. The molecule has 0 radical (unpaired) electrons. The third-order valence-electron chi connectivity index (χ3n) is 4.33. The summed E-state index contributed by atoms with van der Waals surface area (Å²) < 4.78 is 11.0. The molecule has 1 fully saturated rings. The summed E-state index contributed by atoms with van der Waals surface area (Å²) in [6.45, 7) is 5.33. The number of aromatic nitrogens is 1. The first-order valence-corrected chi connectivity index (χ1v) is 9.77. The van der Waals surface area contributed by atoms with Crippen LogP contribution in [0.2, 0.25) is 0 Å². The van der Waals surface area contributed by atoms with Gasteiger partial charge in [-0.1, -0.05) is 0 Å². The second-order valence-corrected chi connectivity index (χ2v) is 7.55. The molecule has 1 aliphatic rings. The van der Waals surface area contributed by atoms with Crippen LogP contribution in [0.3, 0.4) is 0 Å². The highest BCUT2D eigenvalue weighted by atomic mass is 35.5. The molecule has 3 rings (SSSR count). The Hall–Kier alpha value is -1.67. The Kier molecular flexibility index (Phi) is 8.04. The molecule has 2 heterocycles. The molecule has 1 aromatic carbocycles. The smallest absolute Gasteiger partial charge is 0.243 e. The molecule has 6 nitrogen and oxygen atoms in total. The highest BCUT2D eigenvalue weighted by molar-refractivity contribution is 7.14. The van der Waals surface area contributed by atoms with Gasteiger partial charge in [-0.15, -0.1) is 23.7 Å².